The number of aryl methyl sites for hydroxylation is 1. The van der Waals surface area contributed by atoms with Gasteiger partial charge in [-0.25, -0.2) is 0 Å². The molecule has 0 radical (unpaired) electrons. The van der Waals surface area contributed by atoms with Gasteiger partial charge in [-0.2, -0.15) is 0 Å². The Morgan fingerprint density at radius 1 is 1.31 bits per heavy atom. The van der Waals surface area contributed by atoms with Crippen molar-refractivity contribution in [2.75, 3.05) is 26.3 Å². The zero-order valence-corrected chi connectivity index (χ0v) is 19.1. The Bertz CT molecular complexity index is 989. The van der Waals surface area contributed by atoms with Crippen molar-refractivity contribution < 1.29 is 19.1 Å². The second-order valence-electron chi connectivity index (χ2n) is 8.21. The van der Waals surface area contributed by atoms with Gasteiger partial charge in [0.1, 0.15) is 11.6 Å². The number of fused-ring (bicyclic) bond motifs is 1. The summed E-state index contributed by atoms with van der Waals surface area (Å²) in [6.45, 7) is 6.69. The van der Waals surface area contributed by atoms with Gasteiger partial charge in [0.25, 0.3) is 5.91 Å². The van der Waals surface area contributed by atoms with Gasteiger partial charge < -0.3 is 24.3 Å². The molecule has 0 saturated carbocycles. The van der Waals surface area contributed by atoms with E-state index >= 15 is 0 Å². The first-order valence-corrected chi connectivity index (χ1v) is 11.3. The van der Waals surface area contributed by atoms with E-state index < -0.39 is 6.10 Å². The Balaban J connectivity index is 1.34. The van der Waals surface area contributed by atoms with E-state index in [0.29, 0.717) is 62.4 Å². The molecule has 3 heterocycles. The maximum absolute atomic E-state index is 13.0. The van der Waals surface area contributed by atoms with Crippen LogP contribution in [0, 0.1) is 12.8 Å². The first kappa shape index (κ1) is 22.5. The van der Waals surface area contributed by atoms with Crippen molar-refractivity contribution in [1.29, 1.82) is 0 Å². The maximum Gasteiger partial charge on any atom is 0.263 e. The van der Waals surface area contributed by atoms with Crippen LogP contribution in [0.5, 0.6) is 5.75 Å². The summed E-state index contributed by atoms with van der Waals surface area (Å²) in [6.07, 6.45) is 0.720. The number of carbonyl (C=O) groups excluding carboxylic acids is 2. The van der Waals surface area contributed by atoms with Gasteiger partial charge in [-0.05, 0) is 44.0 Å². The van der Waals surface area contributed by atoms with Gasteiger partial charge in [0.15, 0.2) is 11.9 Å². The fraction of sp³-hybridized carbons (Fsp3) is 0.545. The van der Waals surface area contributed by atoms with Gasteiger partial charge in [-0.3, -0.25) is 9.59 Å². The highest BCUT2D eigenvalue weighted by molar-refractivity contribution is 6.30. The molecule has 1 aromatic carbocycles. The van der Waals surface area contributed by atoms with E-state index in [1.165, 1.54) is 0 Å². The normalized spacial score (nSPS) is 19.2. The molecule has 10 heteroatoms. The Morgan fingerprint density at radius 3 is 2.91 bits per heavy atom. The van der Waals surface area contributed by atoms with Gasteiger partial charge in [0.05, 0.1) is 19.1 Å². The minimum absolute atomic E-state index is 0.0197. The van der Waals surface area contributed by atoms with E-state index in [-0.39, 0.29) is 17.7 Å². The maximum atomic E-state index is 13.0. The molecule has 2 unspecified atom stereocenters. The van der Waals surface area contributed by atoms with E-state index in [1.807, 2.05) is 17.6 Å². The van der Waals surface area contributed by atoms with E-state index in [9.17, 15) is 9.59 Å². The summed E-state index contributed by atoms with van der Waals surface area (Å²) in [4.78, 5) is 27.1. The largest absolute Gasteiger partial charge is 0.481 e. The Hall–Kier alpha value is -2.65. The van der Waals surface area contributed by atoms with Crippen LogP contribution in [0.15, 0.2) is 18.2 Å². The molecule has 2 aliphatic heterocycles. The minimum atomic E-state index is -0.620. The molecule has 1 aromatic heterocycles. The highest BCUT2D eigenvalue weighted by atomic mass is 35.5. The predicted octanol–water partition coefficient (Wildman–Crippen LogP) is 1.74. The molecule has 1 fully saturated rings. The summed E-state index contributed by atoms with van der Waals surface area (Å²) in [7, 11) is 0. The average molecular weight is 462 g/mol. The monoisotopic (exact) mass is 461 g/mol. The number of rotatable bonds is 6. The Morgan fingerprint density at radius 2 is 2.16 bits per heavy atom. The number of aromatic nitrogens is 3. The van der Waals surface area contributed by atoms with E-state index in [4.69, 9.17) is 21.1 Å². The predicted molar refractivity (Wildman–Crippen MR) is 117 cm³/mol. The number of nitrogens with one attached hydrogen (secondary N) is 1. The fourth-order valence-corrected chi connectivity index (χ4v) is 4.26. The number of amides is 2. The number of hydrogen-bond donors (Lipinski definition) is 1. The van der Waals surface area contributed by atoms with Crippen LogP contribution < -0.4 is 10.1 Å². The Labute approximate surface area is 192 Å². The van der Waals surface area contributed by atoms with Crippen LogP contribution in [0.25, 0.3) is 0 Å². The lowest BCUT2D eigenvalue weighted by Gasteiger charge is -2.25. The summed E-state index contributed by atoms with van der Waals surface area (Å²) in [5, 5.41) is 12.1. The lowest BCUT2D eigenvalue weighted by molar-refractivity contribution is -0.138. The van der Waals surface area contributed by atoms with Crippen LogP contribution in [0.2, 0.25) is 5.02 Å². The molecule has 0 spiro atoms. The molecule has 172 valence electrons. The van der Waals surface area contributed by atoms with Crippen molar-refractivity contribution in [3.63, 3.8) is 0 Å². The summed E-state index contributed by atoms with van der Waals surface area (Å²) < 4.78 is 13.2. The third-order valence-electron chi connectivity index (χ3n) is 5.92. The van der Waals surface area contributed by atoms with E-state index in [1.54, 1.807) is 24.0 Å². The van der Waals surface area contributed by atoms with Crippen LogP contribution in [-0.4, -0.2) is 63.9 Å². The molecule has 2 aromatic rings. The van der Waals surface area contributed by atoms with Crippen molar-refractivity contribution >= 4 is 23.4 Å². The molecule has 1 N–H and O–H groups in total. The third-order valence-corrected chi connectivity index (χ3v) is 6.16. The number of halogens is 1. The molecule has 1 saturated heterocycles. The molecule has 2 amide bonds. The van der Waals surface area contributed by atoms with E-state index in [0.717, 1.165) is 17.8 Å². The van der Waals surface area contributed by atoms with Crippen molar-refractivity contribution in [2.24, 2.45) is 5.92 Å². The minimum Gasteiger partial charge on any atom is -0.481 e. The van der Waals surface area contributed by atoms with Crippen LogP contribution in [0.1, 0.15) is 30.6 Å². The average Bonchev–Trinajstić information content (AvgIpc) is 3.40. The highest BCUT2D eigenvalue weighted by Crippen LogP contribution is 2.23. The summed E-state index contributed by atoms with van der Waals surface area (Å²) >= 11 is 6.00. The third kappa shape index (κ3) is 5.05. The van der Waals surface area contributed by atoms with Crippen LogP contribution in [0.3, 0.4) is 0 Å². The standard InChI is InChI=1S/C22H28ClN5O4/c1-14-11-17(23)3-4-18(14)32-15(2)22(30)27-7-5-19-25-26-20(28(19)9-8-27)12-24-21(29)16-6-10-31-13-16/h3-4,11,15-16H,5-10,12-13H2,1-2H3,(H,24,29). The molecule has 32 heavy (non-hydrogen) atoms. The smallest absolute Gasteiger partial charge is 0.263 e. The summed E-state index contributed by atoms with van der Waals surface area (Å²) in [5.74, 6) is 1.97. The van der Waals surface area contributed by atoms with Gasteiger partial charge in [-0.1, -0.05) is 11.6 Å². The van der Waals surface area contributed by atoms with E-state index in [2.05, 4.69) is 15.5 Å². The summed E-state index contributed by atoms with van der Waals surface area (Å²) in [5.41, 5.74) is 0.884. The number of nitrogens with zero attached hydrogens (tertiary/aromatic N) is 4. The Kier molecular flexibility index (Phi) is 6.95. The highest BCUT2D eigenvalue weighted by Gasteiger charge is 2.27. The second-order valence-corrected chi connectivity index (χ2v) is 8.64. The molecule has 0 bridgehead atoms. The van der Waals surface area contributed by atoms with Crippen LogP contribution >= 0.6 is 11.6 Å². The van der Waals surface area contributed by atoms with Gasteiger partial charge >= 0.3 is 0 Å². The number of benzene rings is 1. The number of carbonyl (C=O) groups is 2. The first-order chi connectivity index (χ1) is 15.4. The molecule has 0 aliphatic carbocycles. The van der Waals surface area contributed by atoms with Crippen molar-refractivity contribution in [3.05, 3.63) is 40.4 Å². The van der Waals surface area contributed by atoms with Crippen molar-refractivity contribution in [2.45, 2.75) is 45.9 Å². The van der Waals surface area contributed by atoms with Gasteiger partial charge in [0, 0.05) is 37.7 Å². The van der Waals surface area contributed by atoms with Crippen LogP contribution in [0.4, 0.5) is 0 Å². The van der Waals surface area contributed by atoms with Crippen molar-refractivity contribution in [3.8, 4) is 5.75 Å². The molecule has 2 aliphatic rings. The molecule has 4 rings (SSSR count). The zero-order valence-electron chi connectivity index (χ0n) is 18.3. The first-order valence-electron chi connectivity index (χ1n) is 10.9. The SMILES string of the molecule is Cc1cc(Cl)ccc1OC(C)C(=O)N1CCc2nnc(CNC(=O)C3CCOC3)n2CC1. The molecule has 2 atom stereocenters. The fourth-order valence-electron chi connectivity index (χ4n) is 4.03. The van der Waals surface area contributed by atoms with Gasteiger partial charge in [-0.15, -0.1) is 10.2 Å². The van der Waals surface area contributed by atoms with Gasteiger partial charge in [0.2, 0.25) is 5.91 Å². The van der Waals surface area contributed by atoms with Crippen LogP contribution in [-0.2, 0) is 33.8 Å². The topological polar surface area (TPSA) is 98.6 Å². The molecular formula is C22H28ClN5O4. The lowest BCUT2D eigenvalue weighted by atomic mass is 10.1. The quantitative estimate of drug-likeness (QED) is 0.703. The zero-order chi connectivity index (χ0) is 22.7. The number of ether oxygens (including phenoxy) is 2. The summed E-state index contributed by atoms with van der Waals surface area (Å²) in [6, 6.07) is 5.34. The number of hydrogen-bond acceptors (Lipinski definition) is 6. The molecule has 9 nitrogen and oxygen atoms in total. The lowest BCUT2D eigenvalue weighted by Crippen LogP contribution is -2.42. The second kappa shape index (κ2) is 9.87. The van der Waals surface area contributed by atoms with Crippen molar-refractivity contribution in [1.82, 2.24) is 25.0 Å². The molecular weight excluding hydrogens is 434 g/mol.